The fourth-order valence-electron chi connectivity index (χ4n) is 3.91. The molecule has 2 aromatic carbocycles. The van der Waals surface area contributed by atoms with Gasteiger partial charge in [-0.2, -0.15) is 0 Å². The number of carbonyl (C=O) groups is 3. The molecule has 194 valence electrons. The van der Waals surface area contributed by atoms with Gasteiger partial charge < -0.3 is 19.9 Å². The van der Waals surface area contributed by atoms with Gasteiger partial charge in [-0.15, -0.1) is 11.3 Å². The number of sulfone groups is 1. The van der Waals surface area contributed by atoms with E-state index in [1.54, 1.807) is 46.7 Å². The summed E-state index contributed by atoms with van der Waals surface area (Å²) < 4.78 is 32.4. The molecule has 1 unspecified atom stereocenters. The average molecular weight is 542 g/mol. The number of para-hydroxylation sites is 1. The third kappa shape index (κ3) is 6.17. The third-order valence-corrected chi connectivity index (χ3v) is 8.74. The van der Waals surface area contributed by atoms with Crippen molar-refractivity contribution in [2.24, 2.45) is 0 Å². The van der Waals surface area contributed by atoms with Gasteiger partial charge in [-0.25, -0.2) is 8.42 Å². The van der Waals surface area contributed by atoms with Crippen molar-refractivity contribution in [3.8, 4) is 5.75 Å². The number of nitrogens with one attached hydrogen (secondary N) is 1. The Hall–Kier alpha value is -3.70. The zero-order valence-corrected chi connectivity index (χ0v) is 21.8. The molecule has 0 saturated carbocycles. The van der Waals surface area contributed by atoms with Crippen molar-refractivity contribution in [1.29, 1.82) is 0 Å². The summed E-state index contributed by atoms with van der Waals surface area (Å²) in [6.45, 7) is 2.45. The summed E-state index contributed by atoms with van der Waals surface area (Å²) >= 11 is 1.15. The predicted octanol–water partition coefficient (Wildman–Crippen LogP) is 2.34. The lowest BCUT2D eigenvalue weighted by molar-refractivity contribution is -0.140. The van der Waals surface area contributed by atoms with Crippen LogP contribution >= 0.6 is 11.3 Å². The van der Waals surface area contributed by atoms with Crippen molar-refractivity contribution in [1.82, 2.24) is 15.1 Å². The van der Waals surface area contributed by atoms with Crippen molar-refractivity contribution >= 4 is 38.9 Å². The number of nitrogens with zero attached hydrogens (tertiary/aromatic N) is 2. The van der Waals surface area contributed by atoms with Gasteiger partial charge in [0.05, 0.1) is 9.77 Å². The zero-order chi connectivity index (χ0) is 26.4. The fraction of sp³-hybridized carbons (Fsp3) is 0.269. The Morgan fingerprint density at radius 2 is 1.57 bits per heavy atom. The molecule has 1 N–H and O–H groups in total. The van der Waals surface area contributed by atoms with Crippen LogP contribution in [0.5, 0.6) is 5.75 Å². The molecule has 3 aromatic rings. The highest BCUT2D eigenvalue weighted by atomic mass is 32.2. The van der Waals surface area contributed by atoms with E-state index >= 15 is 0 Å². The molecular weight excluding hydrogens is 514 g/mol. The molecule has 2 heterocycles. The van der Waals surface area contributed by atoms with Crippen LogP contribution in [-0.4, -0.2) is 74.1 Å². The molecule has 11 heteroatoms. The average Bonchev–Trinajstić information content (AvgIpc) is 3.46. The van der Waals surface area contributed by atoms with E-state index in [1.165, 1.54) is 17.0 Å². The topological polar surface area (TPSA) is 113 Å². The highest BCUT2D eigenvalue weighted by molar-refractivity contribution is 7.92. The highest BCUT2D eigenvalue weighted by Gasteiger charge is 2.39. The summed E-state index contributed by atoms with van der Waals surface area (Å²) in [5.41, 5.74) is 0.918. The van der Waals surface area contributed by atoms with Crippen molar-refractivity contribution in [3.05, 3.63) is 82.6 Å². The van der Waals surface area contributed by atoms with Crippen molar-refractivity contribution < 1.29 is 27.5 Å². The predicted molar refractivity (Wildman–Crippen MR) is 139 cm³/mol. The van der Waals surface area contributed by atoms with Gasteiger partial charge in [0.1, 0.15) is 5.75 Å². The number of hydrogen-bond donors (Lipinski definition) is 1. The van der Waals surface area contributed by atoms with E-state index in [-0.39, 0.29) is 43.6 Å². The van der Waals surface area contributed by atoms with E-state index in [0.29, 0.717) is 10.6 Å². The number of rotatable bonds is 8. The van der Waals surface area contributed by atoms with Crippen LogP contribution in [0.2, 0.25) is 0 Å². The van der Waals surface area contributed by atoms with Gasteiger partial charge >= 0.3 is 0 Å². The van der Waals surface area contributed by atoms with E-state index in [4.69, 9.17) is 4.74 Å². The maximum absolute atomic E-state index is 13.5. The fourth-order valence-corrected chi connectivity index (χ4v) is 6.02. The molecule has 1 aliphatic heterocycles. The summed E-state index contributed by atoms with van der Waals surface area (Å²) in [7, 11) is -4.23. The number of hydrogen-bond acceptors (Lipinski definition) is 7. The number of amides is 3. The van der Waals surface area contributed by atoms with E-state index in [2.05, 4.69) is 5.32 Å². The Balaban J connectivity index is 1.43. The lowest BCUT2D eigenvalue weighted by Gasteiger charge is -2.36. The summed E-state index contributed by atoms with van der Waals surface area (Å²) in [6.07, 6.45) is 0. The first kappa shape index (κ1) is 26.4. The molecule has 1 aromatic heterocycles. The lowest BCUT2D eigenvalue weighted by atomic mass is 10.2. The summed E-state index contributed by atoms with van der Waals surface area (Å²) in [5, 5.41) is 2.32. The Labute approximate surface area is 219 Å². The molecule has 1 saturated heterocycles. The van der Waals surface area contributed by atoms with Crippen LogP contribution in [-0.2, 0) is 19.4 Å². The highest BCUT2D eigenvalue weighted by Crippen LogP contribution is 2.19. The first-order valence-electron chi connectivity index (χ1n) is 11.7. The smallest absolute Gasteiger partial charge is 0.262 e. The number of benzene rings is 2. The standard InChI is InChI=1S/C26H27N3O6S2/c1-19-8-5-6-11-21(19)35-18-23(30)28-13-15-29(16-14-28)26(32)25(27-24(31)22-12-7-17-36-22)37(33,34)20-9-3-2-4-10-20/h2-12,17,25H,13-16,18H2,1H3,(H,27,31). The molecular formula is C26H27N3O6S2. The molecule has 0 aliphatic carbocycles. The SMILES string of the molecule is Cc1ccccc1OCC(=O)N1CCN(C(=O)C(NC(=O)c2cccs2)S(=O)(=O)c2ccccc2)CC1. The van der Waals surface area contributed by atoms with E-state index in [9.17, 15) is 22.8 Å². The minimum atomic E-state index is -4.23. The molecule has 0 bridgehead atoms. The van der Waals surface area contributed by atoms with Crippen LogP contribution in [0.4, 0.5) is 0 Å². The molecule has 0 radical (unpaired) electrons. The summed E-state index contributed by atoms with van der Waals surface area (Å²) in [5.74, 6) is -0.984. The minimum Gasteiger partial charge on any atom is -0.484 e. The maximum Gasteiger partial charge on any atom is 0.262 e. The van der Waals surface area contributed by atoms with E-state index in [1.807, 2.05) is 25.1 Å². The molecule has 1 atom stereocenters. The Morgan fingerprint density at radius 3 is 2.22 bits per heavy atom. The van der Waals surface area contributed by atoms with Gasteiger partial charge in [0, 0.05) is 26.2 Å². The van der Waals surface area contributed by atoms with Gasteiger partial charge in [0.15, 0.2) is 6.61 Å². The summed E-state index contributed by atoms with van der Waals surface area (Å²) in [6, 6.07) is 18.2. The molecule has 1 aliphatic rings. The minimum absolute atomic E-state index is 0.0676. The molecule has 4 rings (SSSR count). The number of aryl methyl sites for hydroxylation is 1. The first-order valence-corrected chi connectivity index (χ1v) is 14.1. The van der Waals surface area contributed by atoms with E-state index < -0.39 is 27.0 Å². The van der Waals surface area contributed by atoms with Gasteiger partial charge in [0.2, 0.25) is 15.2 Å². The molecule has 0 spiro atoms. The van der Waals surface area contributed by atoms with Crippen molar-refractivity contribution in [2.75, 3.05) is 32.8 Å². The zero-order valence-electron chi connectivity index (χ0n) is 20.2. The second-order valence-electron chi connectivity index (χ2n) is 8.45. The number of carbonyl (C=O) groups excluding carboxylic acids is 3. The van der Waals surface area contributed by atoms with Crippen LogP contribution in [0.15, 0.2) is 77.0 Å². The quantitative estimate of drug-likeness (QED) is 0.469. The third-order valence-electron chi connectivity index (χ3n) is 6.00. The summed E-state index contributed by atoms with van der Waals surface area (Å²) in [4.78, 5) is 42.0. The lowest BCUT2D eigenvalue weighted by Crippen LogP contribution is -2.58. The number of thiophene rings is 1. The number of piperazine rings is 1. The Kier molecular flexibility index (Phi) is 8.24. The van der Waals surface area contributed by atoms with Crippen LogP contribution in [0.25, 0.3) is 0 Å². The second-order valence-corrected chi connectivity index (χ2v) is 11.4. The first-order chi connectivity index (χ1) is 17.8. The molecule has 3 amide bonds. The van der Waals surface area contributed by atoms with Crippen molar-refractivity contribution in [2.45, 2.75) is 17.2 Å². The largest absolute Gasteiger partial charge is 0.484 e. The van der Waals surface area contributed by atoms with Crippen molar-refractivity contribution in [3.63, 3.8) is 0 Å². The van der Waals surface area contributed by atoms with E-state index in [0.717, 1.165) is 16.9 Å². The van der Waals surface area contributed by atoms with Crippen LogP contribution in [0.1, 0.15) is 15.2 Å². The van der Waals surface area contributed by atoms with Gasteiger partial charge in [-0.05, 0) is 42.1 Å². The monoisotopic (exact) mass is 541 g/mol. The Morgan fingerprint density at radius 1 is 0.919 bits per heavy atom. The molecule has 37 heavy (non-hydrogen) atoms. The van der Waals surface area contributed by atoms with Crippen LogP contribution in [0.3, 0.4) is 0 Å². The number of ether oxygens (including phenoxy) is 1. The van der Waals surface area contributed by atoms with Gasteiger partial charge in [0.25, 0.3) is 17.7 Å². The molecule has 1 fully saturated rings. The normalized spacial score (nSPS) is 14.6. The Bertz CT molecular complexity index is 1350. The van der Waals surface area contributed by atoms with Gasteiger partial charge in [-0.1, -0.05) is 42.5 Å². The van der Waals surface area contributed by atoms with Crippen LogP contribution < -0.4 is 10.1 Å². The molecule has 9 nitrogen and oxygen atoms in total. The van der Waals surface area contributed by atoms with Crippen LogP contribution in [0, 0.1) is 6.92 Å². The maximum atomic E-state index is 13.5. The van der Waals surface area contributed by atoms with Gasteiger partial charge in [-0.3, -0.25) is 14.4 Å². The second kappa shape index (κ2) is 11.6.